The summed E-state index contributed by atoms with van der Waals surface area (Å²) < 4.78 is 17.3. The number of carbonyl (C=O) groups excluding carboxylic acids is 1. The van der Waals surface area contributed by atoms with Crippen LogP contribution < -0.4 is 10.5 Å². The number of Topliss-reactive ketones (excluding diaryl/α,β-unsaturated/α-hetero) is 1. The largest absolute Gasteiger partial charge is 0.446 e. The lowest BCUT2D eigenvalue weighted by atomic mass is 9.85. The van der Waals surface area contributed by atoms with E-state index in [1.165, 1.54) is 6.34 Å². The molecule has 1 unspecified atom stereocenters. The number of halogens is 1. The number of aryl methyl sites for hydroxylation is 1. The Kier molecular flexibility index (Phi) is 7.07. The number of carbonyl (C=O) groups is 1. The summed E-state index contributed by atoms with van der Waals surface area (Å²) in [5.74, 6) is 0.421. The molecule has 2 heterocycles. The number of aromatic nitrogens is 1. The van der Waals surface area contributed by atoms with Crippen LogP contribution in [0, 0.1) is 12.3 Å². The van der Waals surface area contributed by atoms with Crippen LogP contribution in [0.25, 0.3) is 0 Å². The Labute approximate surface area is 166 Å². The van der Waals surface area contributed by atoms with E-state index < -0.39 is 12.3 Å². The molecule has 0 spiro atoms. The predicted octanol–water partition coefficient (Wildman–Crippen LogP) is 3.48. The molecular weight excluding hydrogens is 359 g/mol. The van der Waals surface area contributed by atoms with Gasteiger partial charge in [-0.25, -0.2) is 14.4 Å². The normalized spacial score (nSPS) is 17.1. The molecule has 1 aliphatic heterocycles. The van der Waals surface area contributed by atoms with Crippen molar-refractivity contribution in [3.8, 4) is 5.88 Å². The molecule has 0 fully saturated rings. The van der Waals surface area contributed by atoms with E-state index in [-0.39, 0.29) is 11.8 Å². The fraction of sp³-hybridized carbons (Fsp3) is 0.476. The first-order chi connectivity index (χ1) is 13.2. The van der Waals surface area contributed by atoms with Crippen molar-refractivity contribution in [3.05, 3.63) is 46.8 Å². The first-order valence-corrected chi connectivity index (χ1v) is 9.25. The van der Waals surface area contributed by atoms with Crippen molar-refractivity contribution < 1.29 is 13.9 Å². The summed E-state index contributed by atoms with van der Waals surface area (Å²) in [6.07, 6.45) is 6.36. The molecule has 1 aromatic rings. The highest BCUT2D eigenvalue weighted by Crippen LogP contribution is 2.33. The lowest BCUT2D eigenvalue weighted by molar-refractivity contribution is -0.122. The molecule has 2 N–H and O–H groups in total. The summed E-state index contributed by atoms with van der Waals surface area (Å²) in [5, 5.41) is 0. The molecule has 0 radical (unpaired) electrons. The average Bonchev–Trinajstić information content (AvgIpc) is 3.05. The minimum Gasteiger partial charge on any atom is -0.446 e. The molecule has 6 nitrogen and oxygen atoms in total. The zero-order chi connectivity index (χ0) is 20.9. The van der Waals surface area contributed by atoms with Gasteiger partial charge in [-0.15, -0.1) is 0 Å². The standard InChI is InChI=1S/C21H29FN4O2/c1-14-8-17(9-25-20(14)28-12-22)15(2)26-10-16(6-7-24-13-23)18(11-26)19(27)21(3,4)5/h6-9,13,15H,10-12H2,1-5H3,(H2,23,24)/b7-6-. The van der Waals surface area contributed by atoms with E-state index in [0.29, 0.717) is 19.0 Å². The van der Waals surface area contributed by atoms with Gasteiger partial charge in [-0.1, -0.05) is 20.8 Å². The van der Waals surface area contributed by atoms with Gasteiger partial charge in [0.25, 0.3) is 0 Å². The number of ketones is 1. The minimum absolute atomic E-state index is 0.0253. The van der Waals surface area contributed by atoms with Gasteiger partial charge in [0.1, 0.15) is 0 Å². The van der Waals surface area contributed by atoms with Gasteiger partial charge >= 0.3 is 0 Å². The lowest BCUT2D eigenvalue weighted by Crippen LogP contribution is -2.29. The zero-order valence-corrected chi connectivity index (χ0v) is 17.2. The molecule has 0 saturated carbocycles. The van der Waals surface area contributed by atoms with Crippen LogP contribution in [0.2, 0.25) is 0 Å². The Morgan fingerprint density at radius 1 is 1.46 bits per heavy atom. The Morgan fingerprint density at radius 3 is 2.75 bits per heavy atom. The van der Waals surface area contributed by atoms with Crippen molar-refractivity contribution in [3.63, 3.8) is 0 Å². The monoisotopic (exact) mass is 388 g/mol. The van der Waals surface area contributed by atoms with Crippen LogP contribution in [0.5, 0.6) is 5.88 Å². The van der Waals surface area contributed by atoms with Crippen LogP contribution >= 0.6 is 0 Å². The van der Waals surface area contributed by atoms with E-state index in [2.05, 4.69) is 21.8 Å². The number of aliphatic imine (C=N–C) groups is 1. The van der Waals surface area contributed by atoms with Crippen LogP contribution in [0.15, 0.2) is 40.7 Å². The van der Waals surface area contributed by atoms with Gasteiger partial charge in [0.15, 0.2) is 5.78 Å². The summed E-state index contributed by atoms with van der Waals surface area (Å²) in [6, 6.07) is 1.97. The highest BCUT2D eigenvalue weighted by molar-refractivity contribution is 6.01. The molecular formula is C21H29FN4O2. The fourth-order valence-corrected chi connectivity index (χ4v) is 3.18. The van der Waals surface area contributed by atoms with Gasteiger partial charge in [-0.05, 0) is 37.1 Å². The van der Waals surface area contributed by atoms with Crippen LogP contribution in [0.3, 0.4) is 0 Å². The summed E-state index contributed by atoms with van der Waals surface area (Å²) in [4.78, 5) is 23.3. The topological polar surface area (TPSA) is 80.8 Å². The Bertz CT molecular complexity index is 809. The average molecular weight is 388 g/mol. The molecule has 1 aromatic heterocycles. The van der Waals surface area contributed by atoms with E-state index in [1.54, 1.807) is 12.4 Å². The van der Waals surface area contributed by atoms with Crippen LogP contribution in [-0.4, -0.2) is 42.0 Å². The van der Waals surface area contributed by atoms with Gasteiger partial charge in [-0.3, -0.25) is 9.69 Å². The Balaban J connectivity index is 2.26. The molecule has 0 aliphatic carbocycles. The first kappa shape index (κ1) is 21.8. The quantitative estimate of drug-likeness (QED) is 0.571. The molecule has 0 bridgehead atoms. The highest BCUT2D eigenvalue weighted by Gasteiger charge is 2.34. The van der Waals surface area contributed by atoms with E-state index in [4.69, 9.17) is 10.5 Å². The predicted molar refractivity (Wildman–Crippen MR) is 109 cm³/mol. The van der Waals surface area contributed by atoms with Crippen LogP contribution in [0.1, 0.15) is 44.9 Å². The lowest BCUT2D eigenvalue weighted by Gasteiger charge is -2.26. The van der Waals surface area contributed by atoms with Crippen molar-refractivity contribution in [2.24, 2.45) is 16.1 Å². The van der Waals surface area contributed by atoms with Crippen molar-refractivity contribution in [2.75, 3.05) is 20.0 Å². The molecule has 152 valence electrons. The van der Waals surface area contributed by atoms with E-state index in [1.807, 2.05) is 39.8 Å². The number of alkyl halides is 1. The molecule has 1 aliphatic rings. The fourth-order valence-electron chi connectivity index (χ4n) is 3.18. The maximum Gasteiger partial charge on any atom is 0.230 e. The SMILES string of the molecule is Cc1cc(C(C)N2CC(/C=C\N=CN)=C(C(=O)C(C)(C)C)C2)cnc1OCF. The number of nitrogens with zero attached hydrogens (tertiary/aromatic N) is 3. The van der Waals surface area contributed by atoms with Gasteiger partial charge in [0, 0.05) is 48.1 Å². The van der Waals surface area contributed by atoms with Crippen molar-refractivity contribution >= 4 is 12.1 Å². The van der Waals surface area contributed by atoms with E-state index >= 15 is 0 Å². The van der Waals surface area contributed by atoms with E-state index in [0.717, 1.165) is 22.3 Å². The number of rotatable bonds is 7. The maximum atomic E-state index is 12.9. The molecule has 0 amide bonds. The van der Waals surface area contributed by atoms with Crippen molar-refractivity contribution in [1.29, 1.82) is 0 Å². The highest BCUT2D eigenvalue weighted by atomic mass is 19.1. The smallest absolute Gasteiger partial charge is 0.230 e. The Morgan fingerprint density at radius 2 is 2.18 bits per heavy atom. The van der Waals surface area contributed by atoms with Crippen molar-refractivity contribution in [1.82, 2.24) is 9.88 Å². The van der Waals surface area contributed by atoms with Crippen LogP contribution in [0.4, 0.5) is 4.39 Å². The zero-order valence-electron chi connectivity index (χ0n) is 17.2. The number of pyridine rings is 1. The summed E-state index contributed by atoms with van der Waals surface area (Å²) in [7, 11) is 0. The molecule has 7 heteroatoms. The van der Waals surface area contributed by atoms with Gasteiger partial charge in [0.05, 0.1) is 6.34 Å². The van der Waals surface area contributed by atoms with E-state index in [9.17, 15) is 9.18 Å². The number of ether oxygens (including phenoxy) is 1. The van der Waals surface area contributed by atoms with Gasteiger partial charge in [0.2, 0.25) is 12.7 Å². The second-order valence-corrected chi connectivity index (χ2v) is 7.92. The Hall–Kier alpha value is -2.54. The molecule has 2 rings (SSSR count). The summed E-state index contributed by atoms with van der Waals surface area (Å²) >= 11 is 0. The summed E-state index contributed by atoms with van der Waals surface area (Å²) in [6.45, 7) is 9.93. The third kappa shape index (κ3) is 5.04. The van der Waals surface area contributed by atoms with Gasteiger partial charge in [-0.2, -0.15) is 0 Å². The molecule has 0 aromatic carbocycles. The second kappa shape index (κ2) is 9.10. The molecule has 0 saturated heterocycles. The summed E-state index contributed by atoms with van der Waals surface area (Å²) in [5.41, 5.74) is 8.33. The first-order valence-electron chi connectivity index (χ1n) is 9.25. The van der Waals surface area contributed by atoms with Gasteiger partial charge < -0.3 is 10.5 Å². The van der Waals surface area contributed by atoms with Crippen molar-refractivity contribution in [2.45, 2.75) is 40.7 Å². The third-order valence-corrected chi connectivity index (χ3v) is 4.80. The third-order valence-electron chi connectivity index (χ3n) is 4.80. The number of hydrogen-bond acceptors (Lipinski definition) is 5. The second-order valence-electron chi connectivity index (χ2n) is 7.92. The molecule has 28 heavy (non-hydrogen) atoms. The number of nitrogens with two attached hydrogens (primary N) is 1. The number of hydrogen-bond donors (Lipinski definition) is 1. The maximum absolute atomic E-state index is 12.9. The van der Waals surface area contributed by atoms with Crippen LogP contribution in [-0.2, 0) is 4.79 Å². The minimum atomic E-state index is -0.905. The molecule has 1 atom stereocenters.